The number of carboxylic acid groups (broad SMARTS) is 1. The van der Waals surface area contributed by atoms with Gasteiger partial charge in [0.1, 0.15) is 0 Å². The van der Waals surface area contributed by atoms with Gasteiger partial charge < -0.3 is 5.11 Å². The Morgan fingerprint density at radius 1 is 1.25 bits per heavy atom. The molecule has 24 heavy (non-hydrogen) atoms. The maximum atomic E-state index is 12.9. The summed E-state index contributed by atoms with van der Waals surface area (Å²) >= 11 is 0. The molecule has 0 aromatic heterocycles. The molecule has 0 aliphatic carbocycles. The highest BCUT2D eigenvalue weighted by Gasteiger charge is 2.50. The first-order valence-electron chi connectivity index (χ1n) is 7.80. The van der Waals surface area contributed by atoms with Crippen molar-refractivity contribution in [2.75, 3.05) is 0 Å². The number of benzene rings is 1. The van der Waals surface area contributed by atoms with Gasteiger partial charge in [0.25, 0.3) is 10.0 Å². The highest BCUT2D eigenvalue weighted by molar-refractivity contribution is 7.89. The van der Waals surface area contributed by atoms with E-state index in [0.29, 0.717) is 0 Å². The second kappa shape index (κ2) is 6.20. The molecule has 0 saturated carbocycles. The Kier molecular flexibility index (Phi) is 4.77. The second-order valence-electron chi connectivity index (χ2n) is 7.35. The topological polar surface area (TPSA) is 91.8 Å². The molecule has 2 rings (SSSR count). The first kappa shape index (κ1) is 18.4. The predicted molar refractivity (Wildman–Crippen MR) is 88.8 cm³/mol. The van der Waals surface area contributed by atoms with Crippen LogP contribution in [-0.4, -0.2) is 35.7 Å². The molecule has 0 bridgehead atoms. The van der Waals surface area contributed by atoms with Crippen molar-refractivity contribution in [1.82, 2.24) is 4.31 Å². The van der Waals surface area contributed by atoms with Gasteiger partial charge in [0.2, 0.25) is 5.91 Å². The quantitative estimate of drug-likeness (QED) is 0.897. The van der Waals surface area contributed by atoms with Gasteiger partial charge in [-0.05, 0) is 30.4 Å². The summed E-state index contributed by atoms with van der Waals surface area (Å²) in [7, 11) is -4.07. The van der Waals surface area contributed by atoms with Crippen molar-refractivity contribution in [1.29, 1.82) is 0 Å². The van der Waals surface area contributed by atoms with Crippen LogP contribution >= 0.6 is 0 Å². The summed E-state index contributed by atoms with van der Waals surface area (Å²) in [6.07, 6.45) is -0.356. The van der Waals surface area contributed by atoms with Crippen LogP contribution < -0.4 is 0 Å². The Morgan fingerprint density at radius 3 is 2.25 bits per heavy atom. The van der Waals surface area contributed by atoms with E-state index in [1.165, 1.54) is 12.1 Å². The minimum absolute atomic E-state index is 0.00592. The lowest BCUT2D eigenvalue weighted by Crippen LogP contribution is -2.43. The first-order valence-corrected chi connectivity index (χ1v) is 9.24. The minimum Gasteiger partial charge on any atom is -0.481 e. The van der Waals surface area contributed by atoms with Crippen LogP contribution in [-0.2, 0) is 19.6 Å². The summed E-state index contributed by atoms with van der Waals surface area (Å²) in [5.41, 5.74) is 0.518. The second-order valence-corrected chi connectivity index (χ2v) is 9.16. The Hall–Kier alpha value is -1.89. The Morgan fingerprint density at radius 2 is 1.79 bits per heavy atom. The summed E-state index contributed by atoms with van der Waals surface area (Å²) in [5, 5.41) is 9.20. The maximum Gasteiger partial charge on any atom is 0.305 e. The van der Waals surface area contributed by atoms with Crippen molar-refractivity contribution in [3.63, 3.8) is 0 Å². The number of aliphatic carboxylic acids is 1. The molecule has 0 unspecified atom stereocenters. The van der Waals surface area contributed by atoms with Crippen molar-refractivity contribution in [2.45, 2.75) is 51.5 Å². The number of aryl methyl sites for hydroxylation is 1. The van der Waals surface area contributed by atoms with E-state index < -0.39 is 34.4 Å². The molecule has 1 aromatic carbocycles. The molecule has 1 aliphatic rings. The fourth-order valence-corrected chi connectivity index (χ4v) is 4.81. The standard InChI is InChI=1S/C17H23NO5S/c1-11-5-7-12(8-6-11)24(22,23)18-14(10-16(20)21)13(9-15(18)19)17(2,3)4/h5-8,13-14H,9-10H2,1-4H3,(H,20,21)/t13-,14+/m0/s1. The number of hydrogen-bond donors (Lipinski definition) is 1. The average molecular weight is 353 g/mol. The highest BCUT2D eigenvalue weighted by atomic mass is 32.2. The lowest BCUT2D eigenvalue weighted by atomic mass is 9.75. The predicted octanol–water partition coefficient (Wildman–Crippen LogP) is 2.42. The fourth-order valence-electron chi connectivity index (χ4n) is 3.19. The van der Waals surface area contributed by atoms with E-state index in [4.69, 9.17) is 0 Å². The van der Waals surface area contributed by atoms with Crippen LogP contribution in [0.2, 0.25) is 0 Å². The number of nitrogens with zero attached hydrogens (tertiary/aromatic N) is 1. The van der Waals surface area contributed by atoms with Gasteiger partial charge in [0.05, 0.1) is 17.4 Å². The highest BCUT2D eigenvalue weighted by Crippen LogP contribution is 2.42. The molecule has 7 heteroatoms. The van der Waals surface area contributed by atoms with E-state index >= 15 is 0 Å². The minimum atomic E-state index is -4.07. The van der Waals surface area contributed by atoms with Crippen molar-refractivity contribution in [3.8, 4) is 0 Å². The zero-order valence-electron chi connectivity index (χ0n) is 14.3. The van der Waals surface area contributed by atoms with Gasteiger partial charge in [0.15, 0.2) is 0 Å². The summed E-state index contributed by atoms with van der Waals surface area (Å²) in [6, 6.07) is 5.32. The molecule has 0 spiro atoms. The summed E-state index contributed by atoms with van der Waals surface area (Å²) in [5.74, 6) is -2.00. The molecule has 1 amide bonds. The van der Waals surface area contributed by atoms with Crippen LogP contribution in [0.3, 0.4) is 0 Å². The van der Waals surface area contributed by atoms with Crippen LogP contribution in [0.4, 0.5) is 0 Å². The number of carbonyl (C=O) groups excluding carboxylic acids is 1. The summed E-state index contributed by atoms with van der Waals surface area (Å²) < 4.78 is 26.7. The van der Waals surface area contributed by atoms with Crippen LogP contribution in [0.5, 0.6) is 0 Å². The molecule has 0 radical (unpaired) electrons. The third kappa shape index (κ3) is 3.45. The maximum absolute atomic E-state index is 12.9. The van der Waals surface area contributed by atoms with Crippen molar-refractivity contribution >= 4 is 21.9 Å². The molecule has 132 valence electrons. The molecular formula is C17H23NO5S. The number of rotatable bonds is 4. The average Bonchev–Trinajstić information content (AvgIpc) is 2.75. The van der Waals surface area contributed by atoms with Crippen molar-refractivity contribution in [3.05, 3.63) is 29.8 Å². The summed E-state index contributed by atoms with van der Waals surface area (Å²) in [4.78, 5) is 23.7. The molecule has 1 fully saturated rings. The van der Waals surface area contributed by atoms with Gasteiger partial charge in [-0.3, -0.25) is 9.59 Å². The molecule has 1 aliphatic heterocycles. The Labute approximate surface area is 142 Å². The zero-order valence-corrected chi connectivity index (χ0v) is 15.1. The molecule has 1 aromatic rings. The largest absolute Gasteiger partial charge is 0.481 e. The lowest BCUT2D eigenvalue weighted by Gasteiger charge is -2.33. The monoisotopic (exact) mass is 353 g/mol. The van der Waals surface area contributed by atoms with E-state index in [9.17, 15) is 23.1 Å². The van der Waals surface area contributed by atoms with E-state index in [1.807, 2.05) is 27.7 Å². The van der Waals surface area contributed by atoms with Crippen LogP contribution in [0, 0.1) is 18.3 Å². The SMILES string of the molecule is Cc1ccc(S(=O)(=O)N2C(=O)C[C@H](C(C)(C)C)[C@H]2CC(=O)O)cc1. The molecule has 1 saturated heterocycles. The molecule has 6 nitrogen and oxygen atoms in total. The number of carbonyl (C=O) groups is 2. The van der Waals surface area contributed by atoms with E-state index in [2.05, 4.69) is 0 Å². The first-order chi connectivity index (χ1) is 10.9. The number of amides is 1. The van der Waals surface area contributed by atoms with Crippen LogP contribution in [0.15, 0.2) is 29.2 Å². The third-order valence-electron chi connectivity index (χ3n) is 4.48. The van der Waals surface area contributed by atoms with Gasteiger partial charge in [0, 0.05) is 6.42 Å². The molecule has 1 heterocycles. The smallest absolute Gasteiger partial charge is 0.305 e. The van der Waals surface area contributed by atoms with Gasteiger partial charge in [-0.15, -0.1) is 0 Å². The number of carboxylic acids is 1. The van der Waals surface area contributed by atoms with Gasteiger partial charge in [-0.25, -0.2) is 12.7 Å². The zero-order chi connectivity index (χ0) is 18.3. The normalized spacial score (nSPS) is 22.0. The Bertz CT molecular complexity index is 746. The summed E-state index contributed by atoms with van der Waals surface area (Å²) in [6.45, 7) is 7.51. The van der Waals surface area contributed by atoms with Gasteiger partial charge >= 0.3 is 5.97 Å². The molecule has 1 N–H and O–H groups in total. The Balaban J connectivity index is 2.50. The van der Waals surface area contributed by atoms with E-state index in [1.54, 1.807) is 12.1 Å². The van der Waals surface area contributed by atoms with E-state index in [-0.39, 0.29) is 22.6 Å². The molecular weight excluding hydrogens is 330 g/mol. The van der Waals surface area contributed by atoms with Crippen molar-refractivity contribution in [2.24, 2.45) is 11.3 Å². The lowest BCUT2D eigenvalue weighted by molar-refractivity contribution is -0.138. The number of hydrogen-bond acceptors (Lipinski definition) is 4. The van der Waals surface area contributed by atoms with Gasteiger partial charge in [-0.1, -0.05) is 38.5 Å². The van der Waals surface area contributed by atoms with E-state index in [0.717, 1.165) is 9.87 Å². The van der Waals surface area contributed by atoms with Crippen molar-refractivity contribution < 1.29 is 23.1 Å². The molecule has 2 atom stereocenters. The number of sulfonamides is 1. The van der Waals surface area contributed by atoms with Crippen LogP contribution in [0.25, 0.3) is 0 Å². The van der Waals surface area contributed by atoms with Gasteiger partial charge in [-0.2, -0.15) is 0 Å². The third-order valence-corrected chi connectivity index (χ3v) is 6.34. The van der Waals surface area contributed by atoms with Crippen LogP contribution in [0.1, 0.15) is 39.2 Å². The fraction of sp³-hybridized carbons (Fsp3) is 0.529.